The first-order valence-corrected chi connectivity index (χ1v) is 11.1. The van der Waals surface area contributed by atoms with Gasteiger partial charge in [0.05, 0.1) is 35.7 Å². The summed E-state index contributed by atoms with van der Waals surface area (Å²) in [6.45, 7) is 2.88. The molecule has 2 amide bonds. The Bertz CT molecular complexity index is 1200. The van der Waals surface area contributed by atoms with Crippen LogP contribution in [0.5, 0.6) is 0 Å². The van der Waals surface area contributed by atoms with E-state index in [1.54, 1.807) is 24.3 Å². The van der Waals surface area contributed by atoms with Gasteiger partial charge in [-0.15, -0.1) is 0 Å². The number of rotatable bonds is 9. The lowest BCUT2D eigenvalue weighted by Gasteiger charge is -2.25. The van der Waals surface area contributed by atoms with Crippen molar-refractivity contribution in [3.05, 3.63) is 83.4 Å². The van der Waals surface area contributed by atoms with Crippen LogP contribution in [0.4, 0.5) is 16.2 Å². The zero-order valence-electron chi connectivity index (χ0n) is 19.4. The van der Waals surface area contributed by atoms with Gasteiger partial charge < -0.3 is 15.8 Å². The number of hydrogen-bond donors (Lipinski definition) is 2. The van der Waals surface area contributed by atoms with Crippen LogP contribution >= 0.6 is 0 Å². The molecule has 0 unspecified atom stereocenters. The quantitative estimate of drug-likeness (QED) is 0.424. The van der Waals surface area contributed by atoms with Gasteiger partial charge in [0.2, 0.25) is 0 Å². The Morgan fingerprint density at radius 2 is 1.79 bits per heavy atom. The number of benzene rings is 3. The number of nitrogens with one attached hydrogen (secondary N) is 1. The lowest BCUT2D eigenvalue weighted by molar-refractivity contribution is 0.0601. The number of amides is 2. The molecule has 34 heavy (non-hydrogen) atoms. The molecular weight excluding hydrogens is 428 g/mol. The van der Waals surface area contributed by atoms with Crippen molar-refractivity contribution in [2.75, 3.05) is 23.9 Å². The Morgan fingerprint density at radius 1 is 1.06 bits per heavy atom. The Morgan fingerprint density at radius 3 is 2.44 bits per heavy atom. The summed E-state index contributed by atoms with van der Waals surface area (Å²) in [7, 11) is 1.32. The minimum atomic E-state index is -0.584. The maximum absolute atomic E-state index is 12.4. The van der Waals surface area contributed by atoms with Gasteiger partial charge in [-0.25, -0.2) is 9.59 Å². The van der Waals surface area contributed by atoms with E-state index >= 15 is 0 Å². The number of para-hydroxylation sites is 1. The number of methoxy groups -OCH3 is 1. The molecule has 3 N–H and O–H groups in total. The molecule has 0 aromatic heterocycles. The molecule has 0 atom stereocenters. The van der Waals surface area contributed by atoms with Gasteiger partial charge in [-0.3, -0.25) is 4.90 Å². The van der Waals surface area contributed by atoms with Crippen molar-refractivity contribution in [1.29, 1.82) is 5.26 Å². The second kappa shape index (κ2) is 11.5. The molecule has 7 heteroatoms. The van der Waals surface area contributed by atoms with Crippen LogP contribution in [-0.4, -0.2) is 25.7 Å². The second-order valence-electron chi connectivity index (χ2n) is 7.74. The third kappa shape index (κ3) is 5.54. The Hall–Kier alpha value is -4.31. The van der Waals surface area contributed by atoms with Gasteiger partial charge >= 0.3 is 12.0 Å². The summed E-state index contributed by atoms with van der Waals surface area (Å²) in [5, 5.41) is 12.7. The van der Waals surface area contributed by atoms with E-state index in [4.69, 9.17) is 10.5 Å². The average Bonchev–Trinajstić information content (AvgIpc) is 2.87. The Labute approximate surface area is 199 Å². The standard InChI is InChI=1S/C27H28N4O3/c1-3-4-16-31(27(29)33)24-11-7-10-23(26(32)34-2)25(24)30-18-19-12-14-20(15-13-19)22-9-6-5-8-21(22)17-28/h5-15,30H,3-4,16,18H2,1-2H3,(H2,29,33). The largest absolute Gasteiger partial charge is 0.465 e. The molecule has 3 aromatic rings. The molecule has 0 aliphatic heterocycles. The van der Waals surface area contributed by atoms with Crippen molar-refractivity contribution in [2.24, 2.45) is 5.73 Å². The smallest absolute Gasteiger partial charge is 0.340 e. The van der Waals surface area contributed by atoms with E-state index in [0.29, 0.717) is 35.6 Å². The highest BCUT2D eigenvalue weighted by molar-refractivity contribution is 6.03. The van der Waals surface area contributed by atoms with Gasteiger partial charge in [-0.1, -0.05) is 61.9 Å². The van der Waals surface area contributed by atoms with E-state index in [1.807, 2.05) is 49.4 Å². The summed E-state index contributed by atoms with van der Waals surface area (Å²) >= 11 is 0. The second-order valence-corrected chi connectivity index (χ2v) is 7.74. The van der Waals surface area contributed by atoms with Crippen LogP contribution in [-0.2, 0) is 11.3 Å². The zero-order valence-corrected chi connectivity index (χ0v) is 19.4. The van der Waals surface area contributed by atoms with E-state index in [0.717, 1.165) is 29.5 Å². The topological polar surface area (TPSA) is 108 Å². The summed E-state index contributed by atoms with van der Waals surface area (Å²) in [4.78, 5) is 26.1. The first-order valence-electron chi connectivity index (χ1n) is 11.1. The third-order valence-corrected chi connectivity index (χ3v) is 5.52. The average molecular weight is 457 g/mol. The van der Waals surface area contributed by atoms with E-state index in [2.05, 4.69) is 11.4 Å². The number of nitriles is 1. The molecule has 0 saturated heterocycles. The molecule has 0 heterocycles. The van der Waals surface area contributed by atoms with E-state index in [1.165, 1.54) is 12.0 Å². The third-order valence-electron chi connectivity index (χ3n) is 5.52. The van der Waals surface area contributed by atoms with Crippen molar-refractivity contribution >= 4 is 23.4 Å². The highest BCUT2D eigenvalue weighted by atomic mass is 16.5. The normalized spacial score (nSPS) is 10.3. The molecule has 3 rings (SSSR count). The number of unbranched alkanes of at least 4 members (excludes halogenated alkanes) is 1. The molecule has 0 saturated carbocycles. The number of primary amides is 1. The highest BCUT2D eigenvalue weighted by Gasteiger charge is 2.21. The molecular formula is C27H28N4O3. The van der Waals surface area contributed by atoms with Gasteiger partial charge in [0.1, 0.15) is 0 Å². The zero-order chi connectivity index (χ0) is 24.5. The van der Waals surface area contributed by atoms with Crippen molar-refractivity contribution in [1.82, 2.24) is 0 Å². The molecule has 3 aromatic carbocycles. The van der Waals surface area contributed by atoms with Crippen LogP contribution in [0.3, 0.4) is 0 Å². The molecule has 0 radical (unpaired) electrons. The minimum absolute atomic E-state index is 0.322. The summed E-state index contributed by atoms with van der Waals surface area (Å²) in [6, 6.07) is 22.0. The van der Waals surface area contributed by atoms with Gasteiger partial charge in [-0.05, 0) is 41.3 Å². The molecule has 0 spiro atoms. The number of nitrogens with zero attached hydrogens (tertiary/aromatic N) is 2. The molecule has 174 valence electrons. The maximum atomic E-state index is 12.4. The monoisotopic (exact) mass is 456 g/mol. The van der Waals surface area contributed by atoms with Crippen LogP contribution in [0.1, 0.15) is 41.3 Å². The predicted molar refractivity (Wildman–Crippen MR) is 134 cm³/mol. The molecule has 7 nitrogen and oxygen atoms in total. The summed E-state index contributed by atoms with van der Waals surface area (Å²) in [5.74, 6) is -0.507. The van der Waals surface area contributed by atoms with E-state index < -0.39 is 12.0 Å². The van der Waals surface area contributed by atoms with Crippen LogP contribution in [0.25, 0.3) is 11.1 Å². The maximum Gasteiger partial charge on any atom is 0.340 e. The van der Waals surface area contributed by atoms with Gasteiger partial charge in [0.15, 0.2) is 0 Å². The number of carbonyl (C=O) groups is 2. The number of nitrogens with two attached hydrogens (primary N) is 1. The fourth-order valence-electron chi connectivity index (χ4n) is 3.72. The summed E-state index contributed by atoms with van der Waals surface area (Å²) in [5.41, 5.74) is 10.4. The molecule has 0 aliphatic carbocycles. The lowest BCUT2D eigenvalue weighted by Crippen LogP contribution is -2.37. The molecule has 0 fully saturated rings. The van der Waals surface area contributed by atoms with Crippen molar-refractivity contribution in [3.63, 3.8) is 0 Å². The summed E-state index contributed by atoms with van der Waals surface area (Å²) < 4.78 is 4.95. The first-order chi connectivity index (χ1) is 16.5. The fourth-order valence-corrected chi connectivity index (χ4v) is 3.72. The van der Waals surface area contributed by atoms with Crippen molar-refractivity contribution in [2.45, 2.75) is 26.3 Å². The van der Waals surface area contributed by atoms with Crippen LogP contribution in [0.2, 0.25) is 0 Å². The first kappa shape index (κ1) is 24.3. The van der Waals surface area contributed by atoms with Crippen LogP contribution in [0, 0.1) is 11.3 Å². The van der Waals surface area contributed by atoms with Crippen molar-refractivity contribution < 1.29 is 14.3 Å². The van der Waals surface area contributed by atoms with Gasteiger partial charge in [0.25, 0.3) is 0 Å². The number of carbonyl (C=O) groups excluding carboxylic acids is 2. The highest BCUT2D eigenvalue weighted by Crippen LogP contribution is 2.32. The van der Waals surface area contributed by atoms with E-state index in [-0.39, 0.29) is 0 Å². The predicted octanol–water partition coefficient (Wildman–Crippen LogP) is 5.31. The van der Waals surface area contributed by atoms with Gasteiger partial charge in [-0.2, -0.15) is 5.26 Å². The Kier molecular flexibility index (Phi) is 8.25. The summed E-state index contributed by atoms with van der Waals surface area (Å²) in [6.07, 6.45) is 1.67. The van der Waals surface area contributed by atoms with Crippen LogP contribution < -0.4 is 16.0 Å². The number of urea groups is 1. The molecule has 0 aliphatic rings. The number of esters is 1. The van der Waals surface area contributed by atoms with Crippen molar-refractivity contribution in [3.8, 4) is 17.2 Å². The SMILES string of the molecule is CCCCN(C(N)=O)c1cccc(C(=O)OC)c1NCc1ccc(-c2ccccc2C#N)cc1. The fraction of sp³-hybridized carbons (Fsp3) is 0.222. The molecule has 0 bridgehead atoms. The van der Waals surface area contributed by atoms with Crippen LogP contribution in [0.15, 0.2) is 66.7 Å². The number of hydrogen-bond acceptors (Lipinski definition) is 5. The number of ether oxygens (including phenoxy) is 1. The lowest BCUT2D eigenvalue weighted by atomic mass is 9.99. The van der Waals surface area contributed by atoms with E-state index in [9.17, 15) is 14.9 Å². The van der Waals surface area contributed by atoms with Gasteiger partial charge in [0, 0.05) is 13.1 Å². The Balaban J connectivity index is 1.90. The number of anilines is 2. The minimum Gasteiger partial charge on any atom is -0.465 e.